The molecule has 0 unspecified atom stereocenters. The quantitative estimate of drug-likeness (QED) is 0.728. The van der Waals surface area contributed by atoms with Gasteiger partial charge in [-0.3, -0.25) is 0 Å². The molecule has 0 aliphatic carbocycles. The minimum atomic E-state index is 0.561. The van der Waals surface area contributed by atoms with Gasteiger partial charge >= 0.3 is 0 Å². The highest BCUT2D eigenvalue weighted by Crippen LogP contribution is 2.16. The Bertz CT molecular complexity index is 677. The predicted molar refractivity (Wildman–Crippen MR) is 74.7 cm³/mol. The lowest BCUT2D eigenvalue weighted by molar-refractivity contribution is 0.306. The first-order chi connectivity index (χ1) is 9.81. The van der Waals surface area contributed by atoms with Crippen LogP contribution < -0.4 is 4.74 Å². The lowest BCUT2D eigenvalue weighted by Crippen LogP contribution is -1.97. The van der Waals surface area contributed by atoms with E-state index in [9.17, 15) is 0 Å². The van der Waals surface area contributed by atoms with Gasteiger partial charge in [-0.15, -0.1) is 5.10 Å². The third-order valence-corrected chi connectivity index (χ3v) is 2.94. The van der Waals surface area contributed by atoms with Crippen LogP contribution in [0.15, 0.2) is 54.9 Å². The number of rotatable bonds is 4. The summed E-state index contributed by atoms with van der Waals surface area (Å²) in [4.78, 5) is 0. The van der Waals surface area contributed by atoms with Crippen LogP contribution in [0, 0.1) is 6.92 Å². The lowest BCUT2D eigenvalue weighted by Gasteiger charge is -2.07. The van der Waals surface area contributed by atoms with Crippen LogP contribution >= 0.6 is 0 Å². The third kappa shape index (κ3) is 2.83. The van der Waals surface area contributed by atoms with Crippen molar-refractivity contribution in [1.29, 1.82) is 0 Å². The van der Waals surface area contributed by atoms with Crippen LogP contribution in [0.3, 0.4) is 0 Å². The zero-order valence-electron chi connectivity index (χ0n) is 11.1. The summed E-state index contributed by atoms with van der Waals surface area (Å²) in [6, 6.07) is 15.9. The number of hydrogen-bond acceptors (Lipinski definition) is 4. The highest BCUT2D eigenvalue weighted by atomic mass is 16.5. The normalized spacial score (nSPS) is 10.4. The molecule has 3 rings (SSSR count). The summed E-state index contributed by atoms with van der Waals surface area (Å²) in [6.45, 7) is 2.64. The Morgan fingerprint density at radius 2 is 1.95 bits per heavy atom. The Balaban J connectivity index is 1.67. The van der Waals surface area contributed by atoms with Crippen molar-refractivity contribution in [2.24, 2.45) is 0 Å². The van der Waals surface area contributed by atoms with E-state index in [1.807, 2.05) is 30.3 Å². The zero-order valence-corrected chi connectivity index (χ0v) is 11.1. The van der Waals surface area contributed by atoms with Gasteiger partial charge in [0.05, 0.1) is 5.69 Å². The zero-order chi connectivity index (χ0) is 13.8. The van der Waals surface area contributed by atoms with E-state index in [1.54, 1.807) is 11.0 Å². The lowest BCUT2D eigenvalue weighted by atomic mass is 10.1. The monoisotopic (exact) mass is 266 g/mol. The Morgan fingerprint density at radius 3 is 2.65 bits per heavy atom. The van der Waals surface area contributed by atoms with Crippen molar-refractivity contribution in [3.63, 3.8) is 0 Å². The van der Waals surface area contributed by atoms with Crippen LogP contribution in [0.4, 0.5) is 0 Å². The van der Waals surface area contributed by atoms with Gasteiger partial charge in [-0.25, -0.2) is 4.68 Å². The van der Waals surface area contributed by atoms with E-state index in [-0.39, 0.29) is 0 Å². The van der Waals surface area contributed by atoms with Crippen molar-refractivity contribution in [3.05, 3.63) is 66.0 Å². The minimum absolute atomic E-state index is 0.561. The molecule has 0 radical (unpaired) electrons. The highest BCUT2D eigenvalue weighted by molar-refractivity contribution is 5.36. The molecular weight excluding hydrogens is 252 g/mol. The first kappa shape index (κ1) is 12.3. The van der Waals surface area contributed by atoms with E-state index in [1.165, 1.54) is 5.56 Å². The molecule has 1 heterocycles. The Morgan fingerprint density at radius 1 is 1.10 bits per heavy atom. The average molecular weight is 266 g/mol. The molecule has 0 amide bonds. The molecule has 0 bridgehead atoms. The van der Waals surface area contributed by atoms with Crippen molar-refractivity contribution in [2.75, 3.05) is 0 Å². The maximum Gasteiger partial charge on any atom is 0.143 e. The van der Waals surface area contributed by atoms with Crippen molar-refractivity contribution in [1.82, 2.24) is 20.2 Å². The van der Waals surface area contributed by atoms with Crippen LogP contribution in [0.2, 0.25) is 0 Å². The van der Waals surface area contributed by atoms with Gasteiger partial charge in [-0.1, -0.05) is 29.8 Å². The van der Waals surface area contributed by atoms with E-state index in [4.69, 9.17) is 4.74 Å². The van der Waals surface area contributed by atoms with E-state index in [0.717, 1.165) is 17.0 Å². The molecule has 0 saturated carbocycles. The van der Waals surface area contributed by atoms with Crippen molar-refractivity contribution in [2.45, 2.75) is 13.5 Å². The highest BCUT2D eigenvalue weighted by Gasteiger charge is 2.00. The maximum absolute atomic E-state index is 5.76. The predicted octanol–water partition coefficient (Wildman–Crippen LogP) is 2.55. The molecule has 0 aliphatic rings. The molecule has 20 heavy (non-hydrogen) atoms. The summed E-state index contributed by atoms with van der Waals surface area (Å²) in [5.74, 6) is 0.823. The van der Waals surface area contributed by atoms with E-state index in [0.29, 0.717) is 6.61 Å². The van der Waals surface area contributed by atoms with Crippen molar-refractivity contribution < 1.29 is 4.74 Å². The second-order valence-electron chi connectivity index (χ2n) is 4.53. The fraction of sp³-hybridized carbons (Fsp3) is 0.133. The first-order valence-corrected chi connectivity index (χ1v) is 6.33. The van der Waals surface area contributed by atoms with Crippen LogP contribution in [0.1, 0.15) is 11.1 Å². The first-order valence-electron chi connectivity index (χ1n) is 6.33. The van der Waals surface area contributed by atoms with Gasteiger partial charge in [0, 0.05) is 0 Å². The fourth-order valence-corrected chi connectivity index (χ4v) is 1.94. The van der Waals surface area contributed by atoms with Crippen molar-refractivity contribution >= 4 is 0 Å². The molecule has 0 aliphatic heterocycles. The molecule has 5 heteroatoms. The summed E-state index contributed by atoms with van der Waals surface area (Å²) >= 11 is 0. The summed E-state index contributed by atoms with van der Waals surface area (Å²) in [5.41, 5.74) is 3.30. The summed E-state index contributed by atoms with van der Waals surface area (Å²) in [5, 5.41) is 11.0. The fourth-order valence-electron chi connectivity index (χ4n) is 1.94. The van der Waals surface area contributed by atoms with Gasteiger partial charge in [0.2, 0.25) is 0 Å². The number of benzene rings is 2. The topological polar surface area (TPSA) is 52.8 Å². The molecule has 0 saturated heterocycles. The summed E-state index contributed by atoms with van der Waals surface area (Å²) in [7, 11) is 0. The number of tetrazole rings is 1. The maximum atomic E-state index is 5.76. The molecule has 0 atom stereocenters. The van der Waals surface area contributed by atoms with Gasteiger partial charge in [0.1, 0.15) is 18.7 Å². The largest absolute Gasteiger partial charge is 0.489 e. The number of ether oxygens (including phenoxy) is 1. The molecular formula is C15H14N4O. The second kappa shape index (κ2) is 5.52. The van der Waals surface area contributed by atoms with Gasteiger partial charge in [-0.2, -0.15) is 0 Å². The molecule has 100 valence electrons. The Kier molecular flexibility index (Phi) is 3.41. The average Bonchev–Trinajstić information content (AvgIpc) is 3.00. The third-order valence-electron chi connectivity index (χ3n) is 2.94. The van der Waals surface area contributed by atoms with E-state index < -0.39 is 0 Å². The van der Waals surface area contributed by atoms with Gasteiger partial charge in [0.25, 0.3) is 0 Å². The molecule has 0 spiro atoms. The number of aromatic nitrogens is 4. The Hall–Kier alpha value is -2.69. The summed E-state index contributed by atoms with van der Waals surface area (Å²) in [6.07, 6.45) is 1.56. The second-order valence-corrected chi connectivity index (χ2v) is 4.53. The standard InChI is InChI=1S/C15H14N4O/c1-12-3-2-4-13(9-12)10-20-15-7-5-14(6-8-15)19-11-16-17-18-19/h2-9,11H,10H2,1H3. The van der Waals surface area contributed by atoms with Crippen LogP contribution in [0.5, 0.6) is 5.75 Å². The minimum Gasteiger partial charge on any atom is -0.489 e. The van der Waals surface area contributed by atoms with E-state index in [2.05, 4.69) is 40.6 Å². The number of nitrogens with zero attached hydrogens (tertiary/aromatic N) is 4. The smallest absolute Gasteiger partial charge is 0.143 e. The SMILES string of the molecule is Cc1cccc(COc2ccc(-n3cnnn3)cc2)c1. The molecule has 2 aromatic carbocycles. The molecule has 0 N–H and O–H groups in total. The molecule has 0 fully saturated rings. The molecule has 3 aromatic rings. The van der Waals surface area contributed by atoms with E-state index >= 15 is 0 Å². The summed E-state index contributed by atoms with van der Waals surface area (Å²) < 4.78 is 7.36. The van der Waals surface area contributed by atoms with Gasteiger partial charge in [-0.05, 0) is 47.2 Å². The molecule has 1 aromatic heterocycles. The van der Waals surface area contributed by atoms with Gasteiger partial charge in [0.15, 0.2) is 0 Å². The van der Waals surface area contributed by atoms with Gasteiger partial charge < -0.3 is 4.74 Å². The van der Waals surface area contributed by atoms with Crippen molar-refractivity contribution in [3.8, 4) is 11.4 Å². The van der Waals surface area contributed by atoms with Crippen LogP contribution in [0.25, 0.3) is 5.69 Å². The van der Waals surface area contributed by atoms with Crippen LogP contribution in [-0.4, -0.2) is 20.2 Å². The molecule has 5 nitrogen and oxygen atoms in total. The number of hydrogen-bond donors (Lipinski definition) is 0. The number of aryl methyl sites for hydroxylation is 1. The van der Waals surface area contributed by atoms with Crippen LogP contribution in [-0.2, 0) is 6.61 Å². The Labute approximate surface area is 116 Å².